The predicted molar refractivity (Wildman–Crippen MR) is 83.6 cm³/mol. The van der Waals surface area contributed by atoms with Gasteiger partial charge < -0.3 is 5.32 Å². The molecule has 0 saturated heterocycles. The minimum atomic E-state index is -0.507. The maximum atomic E-state index is 11.9. The topological polar surface area (TPSA) is 90.0 Å². The third kappa shape index (κ3) is 3.67. The molecule has 0 bridgehead atoms. The Morgan fingerprint density at radius 2 is 2.17 bits per heavy atom. The number of hydrogen-bond donors (Lipinski definition) is 1. The summed E-state index contributed by atoms with van der Waals surface area (Å²) in [4.78, 5) is 27.9. The summed E-state index contributed by atoms with van der Waals surface area (Å²) in [5, 5.41) is 6.73. The SMILES string of the molecule is O=C(NCCCn1c(-c2ccccn2)noc1=O)C1CCCC1. The molecule has 1 fully saturated rings. The van der Waals surface area contributed by atoms with Gasteiger partial charge in [0.05, 0.1) is 0 Å². The normalized spacial score (nSPS) is 15.0. The standard InChI is InChI=1S/C16H20N4O3/c21-15(12-6-1-2-7-12)18-10-5-11-20-14(19-23-16(20)22)13-8-3-4-9-17-13/h3-4,8-9,12H,1-2,5-7,10-11H2,(H,18,21). The lowest BCUT2D eigenvalue weighted by Gasteiger charge is -2.10. The van der Waals surface area contributed by atoms with Crippen LogP contribution < -0.4 is 11.1 Å². The minimum Gasteiger partial charge on any atom is -0.356 e. The van der Waals surface area contributed by atoms with Gasteiger partial charge in [0, 0.05) is 25.2 Å². The van der Waals surface area contributed by atoms with Crippen molar-refractivity contribution < 1.29 is 9.32 Å². The second-order valence-electron chi connectivity index (χ2n) is 5.76. The number of pyridine rings is 1. The van der Waals surface area contributed by atoms with E-state index in [0.29, 0.717) is 31.0 Å². The first-order valence-corrected chi connectivity index (χ1v) is 8.01. The smallest absolute Gasteiger partial charge is 0.356 e. The average Bonchev–Trinajstić information content (AvgIpc) is 3.23. The zero-order valence-electron chi connectivity index (χ0n) is 12.9. The highest BCUT2D eigenvalue weighted by atomic mass is 16.5. The van der Waals surface area contributed by atoms with Gasteiger partial charge >= 0.3 is 5.76 Å². The first-order chi connectivity index (χ1) is 11.3. The molecular weight excluding hydrogens is 296 g/mol. The lowest BCUT2D eigenvalue weighted by Crippen LogP contribution is -2.31. The number of aromatic nitrogens is 3. The van der Waals surface area contributed by atoms with E-state index in [0.717, 1.165) is 25.7 Å². The van der Waals surface area contributed by atoms with Gasteiger partial charge in [-0.3, -0.25) is 18.9 Å². The molecule has 1 aliphatic rings. The largest absolute Gasteiger partial charge is 0.441 e. The molecule has 0 radical (unpaired) electrons. The van der Waals surface area contributed by atoms with Crippen molar-refractivity contribution >= 4 is 5.91 Å². The predicted octanol–water partition coefficient (Wildman–Crippen LogP) is 1.59. The Bertz CT molecular complexity index is 702. The van der Waals surface area contributed by atoms with Gasteiger partial charge in [0.25, 0.3) is 0 Å². The van der Waals surface area contributed by atoms with Gasteiger partial charge in [0.2, 0.25) is 11.7 Å². The Morgan fingerprint density at radius 1 is 1.35 bits per heavy atom. The van der Waals surface area contributed by atoms with Crippen molar-refractivity contribution in [3.05, 3.63) is 34.9 Å². The minimum absolute atomic E-state index is 0.130. The Kier molecular flexibility index (Phi) is 4.85. The zero-order valence-corrected chi connectivity index (χ0v) is 12.9. The number of nitrogens with zero attached hydrogens (tertiary/aromatic N) is 3. The van der Waals surface area contributed by atoms with E-state index in [2.05, 4.69) is 15.5 Å². The van der Waals surface area contributed by atoms with Crippen LogP contribution in [0.15, 0.2) is 33.7 Å². The Balaban J connectivity index is 1.55. The van der Waals surface area contributed by atoms with Crippen LogP contribution in [0.5, 0.6) is 0 Å². The van der Waals surface area contributed by atoms with Gasteiger partial charge in [0.15, 0.2) is 0 Å². The number of carbonyl (C=O) groups is 1. The van der Waals surface area contributed by atoms with Crippen LogP contribution in [0.3, 0.4) is 0 Å². The van der Waals surface area contributed by atoms with E-state index >= 15 is 0 Å². The van der Waals surface area contributed by atoms with E-state index < -0.39 is 5.76 Å². The summed E-state index contributed by atoms with van der Waals surface area (Å²) in [6.07, 6.45) is 6.53. The van der Waals surface area contributed by atoms with Gasteiger partial charge in [0.1, 0.15) is 5.69 Å². The van der Waals surface area contributed by atoms with E-state index in [4.69, 9.17) is 4.52 Å². The molecule has 0 aliphatic heterocycles. The van der Waals surface area contributed by atoms with Crippen LogP contribution in [0.4, 0.5) is 0 Å². The van der Waals surface area contributed by atoms with Crippen LogP contribution in [0.25, 0.3) is 11.5 Å². The monoisotopic (exact) mass is 316 g/mol. The summed E-state index contributed by atoms with van der Waals surface area (Å²) >= 11 is 0. The van der Waals surface area contributed by atoms with Crippen LogP contribution in [-0.4, -0.2) is 27.2 Å². The van der Waals surface area contributed by atoms with Crippen molar-refractivity contribution in [2.24, 2.45) is 5.92 Å². The van der Waals surface area contributed by atoms with Crippen LogP contribution in [0.1, 0.15) is 32.1 Å². The molecule has 7 nitrogen and oxygen atoms in total. The van der Waals surface area contributed by atoms with Gasteiger partial charge in [-0.2, -0.15) is 0 Å². The van der Waals surface area contributed by atoms with Crippen molar-refractivity contribution in [3.63, 3.8) is 0 Å². The molecule has 1 saturated carbocycles. The number of rotatable bonds is 6. The fourth-order valence-corrected chi connectivity index (χ4v) is 2.93. The summed E-state index contributed by atoms with van der Waals surface area (Å²) in [5.41, 5.74) is 0.591. The van der Waals surface area contributed by atoms with Gasteiger partial charge in [-0.25, -0.2) is 4.79 Å². The molecule has 2 heterocycles. The van der Waals surface area contributed by atoms with Crippen LogP contribution in [-0.2, 0) is 11.3 Å². The van der Waals surface area contributed by atoms with Crippen molar-refractivity contribution in [1.82, 2.24) is 20.0 Å². The second kappa shape index (κ2) is 7.21. The fourth-order valence-electron chi connectivity index (χ4n) is 2.93. The van der Waals surface area contributed by atoms with Crippen molar-refractivity contribution in [2.75, 3.05) is 6.54 Å². The number of amides is 1. The lowest BCUT2D eigenvalue weighted by atomic mass is 10.1. The summed E-state index contributed by atoms with van der Waals surface area (Å²) in [5.74, 6) is 0.202. The summed E-state index contributed by atoms with van der Waals surface area (Å²) in [6.45, 7) is 0.966. The third-order valence-electron chi connectivity index (χ3n) is 4.16. The third-order valence-corrected chi connectivity index (χ3v) is 4.16. The number of nitrogens with one attached hydrogen (secondary N) is 1. The Hall–Kier alpha value is -2.44. The first kappa shape index (κ1) is 15.5. The van der Waals surface area contributed by atoms with E-state index in [1.165, 1.54) is 4.57 Å². The van der Waals surface area contributed by atoms with Gasteiger partial charge in [-0.05, 0) is 31.4 Å². The summed E-state index contributed by atoms with van der Waals surface area (Å²) in [6, 6.07) is 5.40. The first-order valence-electron chi connectivity index (χ1n) is 8.01. The second-order valence-corrected chi connectivity index (χ2v) is 5.76. The Morgan fingerprint density at radius 3 is 2.91 bits per heavy atom. The maximum Gasteiger partial charge on any atom is 0.441 e. The van der Waals surface area contributed by atoms with Crippen molar-refractivity contribution in [3.8, 4) is 11.5 Å². The van der Waals surface area contributed by atoms with Crippen LogP contribution in [0.2, 0.25) is 0 Å². The molecule has 1 N–H and O–H groups in total. The maximum absolute atomic E-state index is 11.9. The number of hydrogen-bond acceptors (Lipinski definition) is 5. The molecule has 7 heteroatoms. The van der Waals surface area contributed by atoms with Crippen LogP contribution >= 0.6 is 0 Å². The summed E-state index contributed by atoms with van der Waals surface area (Å²) in [7, 11) is 0. The molecule has 0 spiro atoms. The molecule has 23 heavy (non-hydrogen) atoms. The van der Waals surface area contributed by atoms with E-state index in [1.54, 1.807) is 18.3 Å². The lowest BCUT2D eigenvalue weighted by molar-refractivity contribution is -0.124. The highest BCUT2D eigenvalue weighted by Gasteiger charge is 2.22. The molecule has 1 aliphatic carbocycles. The fraction of sp³-hybridized carbons (Fsp3) is 0.500. The number of carbonyl (C=O) groups excluding carboxylic acids is 1. The van der Waals surface area contributed by atoms with E-state index in [-0.39, 0.29) is 11.8 Å². The quantitative estimate of drug-likeness (QED) is 0.817. The molecule has 122 valence electrons. The van der Waals surface area contributed by atoms with E-state index in [1.807, 2.05) is 6.07 Å². The van der Waals surface area contributed by atoms with E-state index in [9.17, 15) is 9.59 Å². The van der Waals surface area contributed by atoms with Gasteiger partial charge in [-0.1, -0.05) is 24.1 Å². The summed E-state index contributed by atoms with van der Waals surface area (Å²) < 4.78 is 6.19. The highest BCUT2D eigenvalue weighted by Crippen LogP contribution is 2.24. The molecule has 1 amide bonds. The Labute approximate surface area is 133 Å². The average molecular weight is 316 g/mol. The zero-order chi connectivity index (χ0) is 16.1. The molecule has 0 atom stereocenters. The molecule has 0 aromatic carbocycles. The molecule has 0 unspecified atom stereocenters. The van der Waals surface area contributed by atoms with Crippen molar-refractivity contribution in [1.29, 1.82) is 0 Å². The van der Waals surface area contributed by atoms with Crippen molar-refractivity contribution in [2.45, 2.75) is 38.6 Å². The molecule has 2 aromatic rings. The van der Waals surface area contributed by atoms with Gasteiger partial charge in [-0.15, -0.1) is 0 Å². The molecule has 2 aromatic heterocycles. The molecule has 3 rings (SSSR count). The molecular formula is C16H20N4O3. The van der Waals surface area contributed by atoms with Crippen LogP contribution in [0, 0.1) is 5.92 Å². The highest BCUT2D eigenvalue weighted by molar-refractivity contribution is 5.78.